The molecule has 0 saturated carbocycles. The SMILES string of the molecule is COc1c(CC(N)=O)c2n(c1-c1cccnc1Cl)CCCC2O. The van der Waals surface area contributed by atoms with Crippen LogP contribution in [0.5, 0.6) is 5.75 Å². The maximum absolute atomic E-state index is 11.5. The molecule has 2 aromatic heterocycles. The Kier molecular flexibility index (Phi) is 4.28. The quantitative estimate of drug-likeness (QED) is 0.837. The van der Waals surface area contributed by atoms with E-state index < -0.39 is 12.0 Å². The highest BCUT2D eigenvalue weighted by atomic mass is 35.5. The molecule has 1 amide bonds. The molecular weight excluding hydrogens is 318 g/mol. The molecule has 1 atom stereocenters. The van der Waals surface area contributed by atoms with Gasteiger partial charge in [-0.05, 0) is 25.0 Å². The summed E-state index contributed by atoms with van der Waals surface area (Å²) in [5.41, 5.74) is 8.13. The lowest BCUT2D eigenvalue weighted by molar-refractivity contribution is -0.117. The Bertz CT molecular complexity index is 757. The first-order valence-electron chi connectivity index (χ1n) is 7.41. The van der Waals surface area contributed by atoms with Gasteiger partial charge in [-0.25, -0.2) is 4.98 Å². The lowest BCUT2D eigenvalue weighted by atomic mass is 10.0. The zero-order valence-corrected chi connectivity index (χ0v) is 13.5. The highest BCUT2D eigenvalue weighted by molar-refractivity contribution is 6.32. The van der Waals surface area contributed by atoms with Crippen molar-refractivity contribution >= 4 is 17.5 Å². The number of pyridine rings is 1. The van der Waals surface area contributed by atoms with Crippen molar-refractivity contribution in [3.8, 4) is 17.0 Å². The van der Waals surface area contributed by atoms with Crippen molar-refractivity contribution in [3.63, 3.8) is 0 Å². The number of primary amides is 1. The third-order valence-electron chi connectivity index (χ3n) is 4.10. The number of carbonyl (C=O) groups is 1. The van der Waals surface area contributed by atoms with Gasteiger partial charge >= 0.3 is 0 Å². The van der Waals surface area contributed by atoms with Crippen LogP contribution in [0.2, 0.25) is 5.15 Å². The number of nitrogens with zero attached hydrogens (tertiary/aromatic N) is 2. The smallest absolute Gasteiger partial charge is 0.222 e. The number of aromatic nitrogens is 2. The maximum atomic E-state index is 11.5. The number of aliphatic hydroxyl groups is 1. The topological polar surface area (TPSA) is 90.4 Å². The predicted octanol–water partition coefficient (Wildman–Crippen LogP) is 2.07. The van der Waals surface area contributed by atoms with Crippen LogP contribution in [-0.4, -0.2) is 27.7 Å². The molecule has 1 unspecified atom stereocenters. The van der Waals surface area contributed by atoms with Crippen LogP contribution in [0.1, 0.15) is 30.2 Å². The van der Waals surface area contributed by atoms with Gasteiger partial charge in [-0.2, -0.15) is 0 Å². The zero-order chi connectivity index (χ0) is 16.6. The van der Waals surface area contributed by atoms with Crippen LogP contribution in [-0.2, 0) is 17.8 Å². The largest absolute Gasteiger partial charge is 0.494 e. The Hall–Kier alpha value is -2.05. The molecule has 23 heavy (non-hydrogen) atoms. The summed E-state index contributed by atoms with van der Waals surface area (Å²) >= 11 is 6.25. The minimum absolute atomic E-state index is 0.00739. The van der Waals surface area contributed by atoms with Crippen LogP contribution in [0.3, 0.4) is 0 Å². The van der Waals surface area contributed by atoms with Crippen LogP contribution in [0.4, 0.5) is 0 Å². The first-order valence-corrected chi connectivity index (χ1v) is 7.78. The summed E-state index contributed by atoms with van der Waals surface area (Å²) < 4.78 is 7.53. The second kappa shape index (κ2) is 6.22. The minimum atomic E-state index is -0.656. The number of hydrogen-bond donors (Lipinski definition) is 2. The van der Waals surface area contributed by atoms with E-state index in [1.54, 1.807) is 12.3 Å². The number of aliphatic hydroxyl groups excluding tert-OH is 1. The van der Waals surface area contributed by atoms with Crippen LogP contribution in [0, 0.1) is 0 Å². The Morgan fingerprint density at radius 2 is 2.39 bits per heavy atom. The number of hydrogen-bond acceptors (Lipinski definition) is 4. The van der Waals surface area contributed by atoms with Crippen LogP contribution in [0.25, 0.3) is 11.3 Å². The molecule has 3 heterocycles. The molecule has 0 bridgehead atoms. The normalized spacial score (nSPS) is 16.9. The molecule has 3 N–H and O–H groups in total. The van der Waals surface area contributed by atoms with Gasteiger partial charge in [0.1, 0.15) is 10.9 Å². The Morgan fingerprint density at radius 3 is 3.04 bits per heavy atom. The fraction of sp³-hybridized carbons (Fsp3) is 0.375. The lowest BCUT2D eigenvalue weighted by Gasteiger charge is -2.23. The number of fused-ring (bicyclic) bond motifs is 1. The molecule has 0 spiro atoms. The summed E-state index contributed by atoms with van der Waals surface area (Å²) in [4.78, 5) is 15.6. The van der Waals surface area contributed by atoms with E-state index in [0.717, 1.165) is 12.1 Å². The van der Waals surface area contributed by atoms with Crippen molar-refractivity contribution in [2.24, 2.45) is 5.73 Å². The molecule has 3 rings (SSSR count). The predicted molar refractivity (Wildman–Crippen MR) is 86.3 cm³/mol. The maximum Gasteiger partial charge on any atom is 0.222 e. The standard InChI is InChI=1S/C16H18ClN3O3/c1-23-15-10(8-12(18)22)13-11(21)5-3-7-20(13)14(15)9-4-2-6-19-16(9)17/h2,4,6,11,21H,3,5,7-8H2,1H3,(H2,18,22). The molecule has 0 radical (unpaired) electrons. The zero-order valence-electron chi connectivity index (χ0n) is 12.8. The highest BCUT2D eigenvalue weighted by Gasteiger charge is 2.32. The van der Waals surface area contributed by atoms with E-state index in [4.69, 9.17) is 22.1 Å². The summed E-state index contributed by atoms with van der Waals surface area (Å²) in [6.45, 7) is 0.710. The molecule has 0 fully saturated rings. The number of halogens is 1. The summed E-state index contributed by atoms with van der Waals surface area (Å²) in [5, 5.41) is 10.8. The molecule has 0 aromatic carbocycles. The summed E-state index contributed by atoms with van der Waals surface area (Å²) in [5.74, 6) is 0.0490. The van der Waals surface area contributed by atoms with Crippen LogP contribution >= 0.6 is 11.6 Å². The minimum Gasteiger partial charge on any atom is -0.494 e. The second-order valence-corrected chi connectivity index (χ2v) is 5.90. The van der Waals surface area contributed by atoms with E-state index in [-0.39, 0.29) is 6.42 Å². The van der Waals surface area contributed by atoms with Crippen molar-refractivity contribution in [1.29, 1.82) is 0 Å². The molecule has 6 nitrogen and oxygen atoms in total. The number of methoxy groups -OCH3 is 1. The van der Waals surface area contributed by atoms with E-state index >= 15 is 0 Å². The first kappa shape index (κ1) is 15.8. The van der Waals surface area contributed by atoms with Crippen molar-refractivity contribution < 1.29 is 14.6 Å². The average Bonchev–Trinajstić information content (AvgIpc) is 2.82. The van der Waals surface area contributed by atoms with Gasteiger partial charge in [0.05, 0.1) is 31.0 Å². The Morgan fingerprint density at radius 1 is 1.61 bits per heavy atom. The van der Waals surface area contributed by atoms with Crippen molar-refractivity contribution in [3.05, 3.63) is 34.7 Å². The number of carbonyl (C=O) groups excluding carboxylic acids is 1. The monoisotopic (exact) mass is 335 g/mol. The molecule has 7 heteroatoms. The molecule has 1 aliphatic rings. The molecular formula is C16H18ClN3O3. The summed E-state index contributed by atoms with van der Waals surface area (Å²) in [7, 11) is 1.53. The van der Waals surface area contributed by atoms with Gasteiger partial charge in [-0.15, -0.1) is 0 Å². The number of ether oxygens (including phenoxy) is 1. The highest BCUT2D eigenvalue weighted by Crippen LogP contribution is 2.45. The third-order valence-corrected chi connectivity index (χ3v) is 4.40. The van der Waals surface area contributed by atoms with Crippen molar-refractivity contribution in [2.45, 2.75) is 31.9 Å². The Labute approximate surface area is 138 Å². The summed E-state index contributed by atoms with van der Waals surface area (Å²) in [6.07, 6.45) is 2.42. The molecule has 1 aliphatic heterocycles. The number of amides is 1. The van der Waals surface area contributed by atoms with Gasteiger partial charge in [0, 0.05) is 23.9 Å². The second-order valence-electron chi connectivity index (χ2n) is 5.54. The fourth-order valence-corrected chi connectivity index (χ4v) is 3.46. The third kappa shape index (κ3) is 2.68. The van der Waals surface area contributed by atoms with Crippen molar-refractivity contribution in [1.82, 2.24) is 9.55 Å². The van der Waals surface area contributed by atoms with Crippen LogP contribution in [0.15, 0.2) is 18.3 Å². The van der Waals surface area contributed by atoms with Gasteiger partial charge in [0.25, 0.3) is 0 Å². The van der Waals surface area contributed by atoms with Gasteiger partial charge in [0.15, 0.2) is 0 Å². The van der Waals surface area contributed by atoms with E-state index in [0.29, 0.717) is 40.7 Å². The lowest BCUT2D eigenvalue weighted by Crippen LogP contribution is -2.20. The first-order chi connectivity index (χ1) is 11.0. The van der Waals surface area contributed by atoms with Gasteiger partial charge in [-0.1, -0.05) is 11.6 Å². The summed E-state index contributed by atoms with van der Waals surface area (Å²) in [6, 6.07) is 3.63. The van der Waals surface area contributed by atoms with Crippen LogP contribution < -0.4 is 10.5 Å². The Balaban J connectivity index is 2.31. The number of nitrogens with two attached hydrogens (primary N) is 1. The van der Waals surface area contributed by atoms with E-state index in [1.807, 2.05) is 10.6 Å². The number of rotatable bonds is 4. The van der Waals surface area contributed by atoms with E-state index in [9.17, 15) is 9.90 Å². The fourth-order valence-electron chi connectivity index (χ4n) is 3.25. The molecule has 0 aliphatic carbocycles. The van der Waals surface area contributed by atoms with Gasteiger partial charge < -0.3 is 20.1 Å². The van der Waals surface area contributed by atoms with E-state index in [2.05, 4.69) is 4.98 Å². The van der Waals surface area contributed by atoms with E-state index in [1.165, 1.54) is 7.11 Å². The molecule has 2 aromatic rings. The molecule has 122 valence electrons. The average molecular weight is 336 g/mol. The molecule has 0 saturated heterocycles. The van der Waals surface area contributed by atoms with Crippen molar-refractivity contribution in [2.75, 3.05) is 7.11 Å². The van der Waals surface area contributed by atoms with Gasteiger partial charge in [-0.3, -0.25) is 4.79 Å². The van der Waals surface area contributed by atoms with Gasteiger partial charge in [0.2, 0.25) is 5.91 Å².